The van der Waals surface area contributed by atoms with Crippen LogP contribution in [-0.2, 0) is 16.6 Å². The molecule has 1 amide bonds. The van der Waals surface area contributed by atoms with Gasteiger partial charge in [-0.2, -0.15) is 0 Å². The molecule has 140 valence electrons. The van der Waals surface area contributed by atoms with Gasteiger partial charge in [-0.15, -0.1) is 0 Å². The number of fused-ring (bicyclic) bond motifs is 1. The van der Waals surface area contributed by atoms with Gasteiger partial charge < -0.3 is 15.6 Å². The first-order chi connectivity index (χ1) is 12.5. The highest BCUT2D eigenvalue weighted by Gasteiger charge is 2.67. The fraction of sp³-hybridized carbons (Fsp3) is 0.667. The van der Waals surface area contributed by atoms with Gasteiger partial charge in [0.2, 0.25) is 5.91 Å². The Morgan fingerprint density at radius 3 is 2.88 bits per heavy atom. The molecule has 2 saturated carbocycles. The summed E-state index contributed by atoms with van der Waals surface area (Å²) in [7, 11) is 1.68. The third-order valence-electron chi connectivity index (χ3n) is 7.64. The molecule has 2 bridgehead atoms. The van der Waals surface area contributed by atoms with Gasteiger partial charge in [-0.25, -0.2) is 0 Å². The van der Waals surface area contributed by atoms with Crippen LogP contribution in [0.15, 0.2) is 18.2 Å². The third kappa shape index (κ3) is 2.13. The Morgan fingerprint density at radius 1 is 1.38 bits per heavy atom. The largest absolute Gasteiger partial charge is 0.497 e. The van der Waals surface area contributed by atoms with Crippen molar-refractivity contribution in [1.29, 1.82) is 0 Å². The highest BCUT2D eigenvalue weighted by atomic mass is 16.5. The van der Waals surface area contributed by atoms with Crippen molar-refractivity contribution in [3.63, 3.8) is 0 Å². The van der Waals surface area contributed by atoms with Gasteiger partial charge in [-0.1, -0.05) is 6.07 Å². The summed E-state index contributed by atoms with van der Waals surface area (Å²) in [4.78, 5) is 14.6. The van der Waals surface area contributed by atoms with Crippen molar-refractivity contribution in [2.24, 2.45) is 17.6 Å². The second-order valence-corrected chi connectivity index (χ2v) is 8.95. The molecule has 1 heterocycles. The zero-order chi connectivity index (χ0) is 18.1. The number of aliphatic hydroxyl groups is 1. The minimum absolute atomic E-state index is 0.0853. The predicted molar refractivity (Wildman–Crippen MR) is 97.9 cm³/mol. The first-order valence-corrected chi connectivity index (χ1v) is 9.90. The highest BCUT2D eigenvalue weighted by molar-refractivity contribution is 5.78. The molecule has 0 spiro atoms. The zero-order valence-corrected chi connectivity index (χ0v) is 15.4. The molecule has 0 radical (unpaired) electrons. The number of carbonyl (C=O) groups excluding carboxylic acids is 1. The molecule has 5 rings (SSSR count). The molecule has 5 heteroatoms. The van der Waals surface area contributed by atoms with E-state index in [1.165, 1.54) is 24.0 Å². The van der Waals surface area contributed by atoms with Crippen molar-refractivity contribution in [1.82, 2.24) is 4.90 Å². The lowest BCUT2D eigenvalue weighted by Gasteiger charge is -2.59. The topological polar surface area (TPSA) is 75.8 Å². The van der Waals surface area contributed by atoms with Crippen molar-refractivity contribution in [2.75, 3.05) is 20.2 Å². The summed E-state index contributed by atoms with van der Waals surface area (Å²) < 4.78 is 5.47. The fourth-order valence-corrected chi connectivity index (χ4v) is 6.15. The molecular weight excluding hydrogens is 328 g/mol. The number of ether oxygens (including phenoxy) is 1. The fourth-order valence-electron chi connectivity index (χ4n) is 6.15. The molecule has 3 fully saturated rings. The average Bonchev–Trinajstić information content (AvgIpc) is 3.36. The molecule has 4 unspecified atom stereocenters. The van der Waals surface area contributed by atoms with Crippen LogP contribution < -0.4 is 10.5 Å². The van der Waals surface area contributed by atoms with Crippen molar-refractivity contribution >= 4 is 5.91 Å². The predicted octanol–water partition coefficient (Wildman–Crippen LogP) is 1.60. The molecule has 4 atom stereocenters. The van der Waals surface area contributed by atoms with E-state index >= 15 is 0 Å². The van der Waals surface area contributed by atoms with Gasteiger partial charge >= 0.3 is 0 Å². The van der Waals surface area contributed by atoms with E-state index < -0.39 is 5.60 Å². The molecule has 5 nitrogen and oxygen atoms in total. The summed E-state index contributed by atoms with van der Waals surface area (Å²) in [6.07, 6.45) is 5.50. The van der Waals surface area contributed by atoms with Crippen LogP contribution in [0.4, 0.5) is 0 Å². The number of likely N-dealkylation sites (tertiary alicyclic amines) is 1. The summed E-state index contributed by atoms with van der Waals surface area (Å²) >= 11 is 0. The maximum absolute atomic E-state index is 12.0. The summed E-state index contributed by atoms with van der Waals surface area (Å²) in [5.41, 5.74) is 6.94. The number of hydrogen-bond acceptors (Lipinski definition) is 4. The molecule has 1 aromatic rings. The van der Waals surface area contributed by atoms with Gasteiger partial charge in [0.1, 0.15) is 5.75 Å². The molecule has 3 N–H and O–H groups in total. The molecule has 0 aromatic heterocycles. The van der Waals surface area contributed by atoms with E-state index in [9.17, 15) is 9.90 Å². The Balaban J connectivity index is 1.63. The average molecular weight is 356 g/mol. The second kappa shape index (κ2) is 5.46. The summed E-state index contributed by atoms with van der Waals surface area (Å²) in [5.74, 6) is 1.09. The minimum atomic E-state index is -0.876. The molecule has 3 aliphatic carbocycles. The third-order valence-corrected chi connectivity index (χ3v) is 7.64. The van der Waals surface area contributed by atoms with Crippen molar-refractivity contribution in [3.05, 3.63) is 29.3 Å². The number of piperidine rings is 1. The molecular formula is C21H28N2O3. The second-order valence-electron chi connectivity index (χ2n) is 8.95. The molecule has 1 aromatic carbocycles. The van der Waals surface area contributed by atoms with Gasteiger partial charge in [-0.3, -0.25) is 9.69 Å². The Labute approximate surface area is 154 Å². The summed E-state index contributed by atoms with van der Waals surface area (Å²) in [6.45, 7) is 2.07. The van der Waals surface area contributed by atoms with Gasteiger partial charge in [0, 0.05) is 23.9 Å². The quantitative estimate of drug-likeness (QED) is 0.859. The van der Waals surface area contributed by atoms with Gasteiger partial charge in [0.05, 0.1) is 12.7 Å². The number of benzene rings is 1. The van der Waals surface area contributed by atoms with Crippen LogP contribution in [0.2, 0.25) is 0 Å². The highest BCUT2D eigenvalue weighted by Crippen LogP contribution is 2.61. The summed E-state index contributed by atoms with van der Waals surface area (Å²) in [5, 5.41) is 12.0. The first-order valence-electron chi connectivity index (χ1n) is 9.90. The Bertz CT molecular complexity index is 762. The van der Waals surface area contributed by atoms with E-state index in [0.29, 0.717) is 12.8 Å². The van der Waals surface area contributed by atoms with Crippen LogP contribution in [0.25, 0.3) is 0 Å². The van der Waals surface area contributed by atoms with Crippen LogP contribution in [0.5, 0.6) is 5.75 Å². The van der Waals surface area contributed by atoms with Gasteiger partial charge in [0.15, 0.2) is 0 Å². The summed E-state index contributed by atoms with van der Waals surface area (Å²) in [6, 6.07) is 6.35. The lowest BCUT2D eigenvalue weighted by atomic mass is 9.56. The maximum atomic E-state index is 12.0. The van der Waals surface area contributed by atoms with Gasteiger partial charge in [0.25, 0.3) is 0 Å². The number of primary amides is 1. The number of rotatable bonds is 4. The van der Waals surface area contributed by atoms with E-state index in [2.05, 4.69) is 17.0 Å². The van der Waals surface area contributed by atoms with Crippen molar-refractivity contribution < 1.29 is 14.6 Å². The van der Waals surface area contributed by atoms with E-state index in [-0.39, 0.29) is 23.3 Å². The molecule has 4 aliphatic rings. The molecule has 26 heavy (non-hydrogen) atoms. The Morgan fingerprint density at radius 2 is 2.19 bits per heavy atom. The normalized spacial score (nSPS) is 38.5. The van der Waals surface area contributed by atoms with Crippen LogP contribution in [0.3, 0.4) is 0 Å². The van der Waals surface area contributed by atoms with Crippen LogP contribution in [0.1, 0.15) is 43.2 Å². The Kier molecular flexibility index (Phi) is 3.48. The smallest absolute Gasteiger partial charge is 0.220 e. The maximum Gasteiger partial charge on any atom is 0.220 e. The lowest BCUT2D eigenvalue weighted by Crippen LogP contribution is -2.69. The standard InChI is InChI=1S/C21H28N2O3/c1-26-16-5-4-14-8-18-21(25)11-15(19(22)24)10-20(21,17(14)9-16)6-7-23(18)12-13-2-3-13/h4-5,9,13,15,18,25H,2-3,6-8,10-12H2,1H3,(H2,22,24). The monoisotopic (exact) mass is 356 g/mol. The van der Waals surface area contributed by atoms with E-state index in [4.69, 9.17) is 10.5 Å². The number of carbonyl (C=O) groups is 1. The van der Waals surface area contributed by atoms with E-state index in [1.54, 1.807) is 7.11 Å². The van der Waals surface area contributed by atoms with Crippen molar-refractivity contribution in [2.45, 2.75) is 55.6 Å². The van der Waals surface area contributed by atoms with E-state index in [0.717, 1.165) is 37.6 Å². The van der Waals surface area contributed by atoms with E-state index in [1.807, 2.05) is 6.07 Å². The van der Waals surface area contributed by atoms with Crippen LogP contribution in [-0.4, -0.2) is 47.8 Å². The number of amides is 1. The van der Waals surface area contributed by atoms with Crippen LogP contribution >= 0.6 is 0 Å². The number of nitrogens with two attached hydrogens (primary N) is 1. The Hall–Kier alpha value is -1.59. The minimum Gasteiger partial charge on any atom is -0.497 e. The molecule has 1 saturated heterocycles. The van der Waals surface area contributed by atoms with Crippen LogP contribution in [0, 0.1) is 11.8 Å². The zero-order valence-electron chi connectivity index (χ0n) is 15.4. The number of nitrogens with zero attached hydrogens (tertiary/aromatic N) is 1. The number of methoxy groups -OCH3 is 1. The SMILES string of the molecule is COc1ccc2c(c1)C13CCN(CC4CC4)C(C2)C1(O)CC(C(N)=O)C3. The number of hydrogen-bond donors (Lipinski definition) is 2. The first kappa shape index (κ1) is 16.6. The van der Waals surface area contributed by atoms with Crippen molar-refractivity contribution in [3.8, 4) is 5.75 Å². The lowest BCUT2D eigenvalue weighted by molar-refractivity contribution is -0.133. The van der Waals surface area contributed by atoms with Gasteiger partial charge in [-0.05, 0) is 74.2 Å². The molecule has 1 aliphatic heterocycles.